The Hall–Kier alpha value is -0.000000000000000111. The van der Waals surface area contributed by atoms with Gasteiger partial charge in [0.25, 0.3) is 0 Å². The van der Waals surface area contributed by atoms with Crippen molar-refractivity contribution in [3.05, 3.63) is 26.8 Å². The molecule has 1 aliphatic carbocycles. The van der Waals surface area contributed by atoms with Gasteiger partial charge < -0.3 is 10.4 Å². The molecule has 2 N–H and O–H groups in total. The Morgan fingerprint density at radius 3 is 2.80 bits per heavy atom. The zero-order valence-corrected chi connectivity index (χ0v) is 11.1. The van der Waals surface area contributed by atoms with Crippen LogP contribution < -0.4 is 5.32 Å². The van der Waals surface area contributed by atoms with E-state index in [1.54, 1.807) is 0 Å². The Morgan fingerprint density at radius 2 is 2.20 bits per heavy atom. The molecule has 1 aromatic carbocycles. The van der Waals surface area contributed by atoms with Gasteiger partial charge in [-0.2, -0.15) is 0 Å². The van der Waals surface area contributed by atoms with Crippen LogP contribution in [0.25, 0.3) is 0 Å². The van der Waals surface area contributed by atoms with Crippen molar-refractivity contribution in [1.82, 2.24) is 0 Å². The topological polar surface area (TPSA) is 32.3 Å². The Morgan fingerprint density at radius 1 is 1.40 bits per heavy atom. The number of halogens is 2. The fourth-order valence-corrected chi connectivity index (χ4v) is 2.94. The fraction of sp³-hybridized carbons (Fsp3) is 0.455. The third-order valence-electron chi connectivity index (χ3n) is 2.75. The molecule has 0 saturated heterocycles. The van der Waals surface area contributed by atoms with Crippen LogP contribution in [0.5, 0.6) is 0 Å². The first-order valence-corrected chi connectivity index (χ1v) is 6.52. The number of aliphatic hydroxyl groups excluding tert-OH is 1. The molecule has 2 atom stereocenters. The molecular formula is C11H13ClINO. The molecule has 1 saturated carbocycles. The van der Waals surface area contributed by atoms with Crippen LogP contribution in [0.2, 0.25) is 5.02 Å². The van der Waals surface area contributed by atoms with Crippen LogP contribution in [0.15, 0.2) is 18.2 Å². The molecule has 2 nitrogen and oxygen atoms in total. The van der Waals surface area contributed by atoms with Gasteiger partial charge in [-0.05, 0) is 60.1 Å². The van der Waals surface area contributed by atoms with Crippen molar-refractivity contribution in [2.24, 2.45) is 0 Å². The minimum atomic E-state index is -0.212. The van der Waals surface area contributed by atoms with Crippen molar-refractivity contribution in [3.8, 4) is 0 Å². The maximum atomic E-state index is 9.70. The zero-order chi connectivity index (χ0) is 10.8. The monoisotopic (exact) mass is 337 g/mol. The number of rotatable bonds is 2. The first-order chi connectivity index (χ1) is 7.16. The first kappa shape index (κ1) is 11.5. The lowest BCUT2D eigenvalue weighted by molar-refractivity contribution is 0.172. The van der Waals surface area contributed by atoms with Crippen molar-refractivity contribution >= 4 is 39.9 Å². The molecule has 4 heteroatoms. The summed E-state index contributed by atoms with van der Waals surface area (Å²) in [4.78, 5) is 0. The van der Waals surface area contributed by atoms with Crippen LogP contribution in [-0.4, -0.2) is 17.3 Å². The molecule has 1 aromatic rings. The maximum absolute atomic E-state index is 9.70. The molecule has 82 valence electrons. The second kappa shape index (κ2) is 4.89. The van der Waals surface area contributed by atoms with Gasteiger partial charge in [-0.15, -0.1) is 0 Å². The molecule has 0 unspecified atom stereocenters. The molecule has 0 aromatic heterocycles. The van der Waals surface area contributed by atoms with E-state index >= 15 is 0 Å². The summed E-state index contributed by atoms with van der Waals surface area (Å²) in [5.41, 5.74) is 1.06. The molecule has 2 rings (SSSR count). The van der Waals surface area contributed by atoms with Gasteiger partial charge in [-0.1, -0.05) is 11.6 Å². The average Bonchev–Trinajstić information content (AvgIpc) is 2.57. The largest absolute Gasteiger partial charge is 0.391 e. The van der Waals surface area contributed by atoms with Crippen LogP contribution >= 0.6 is 34.2 Å². The highest BCUT2D eigenvalue weighted by Gasteiger charge is 2.25. The van der Waals surface area contributed by atoms with Gasteiger partial charge in [0.2, 0.25) is 0 Å². The highest BCUT2D eigenvalue weighted by molar-refractivity contribution is 14.1. The molecule has 0 aliphatic heterocycles. The van der Waals surface area contributed by atoms with Crippen LogP contribution in [0.3, 0.4) is 0 Å². The van der Waals surface area contributed by atoms with Gasteiger partial charge in [0.1, 0.15) is 0 Å². The van der Waals surface area contributed by atoms with Crippen LogP contribution in [0.4, 0.5) is 5.69 Å². The van der Waals surface area contributed by atoms with Gasteiger partial charge in [0.15, 0.2) is 0 Å². The lowest BCUT2D eigenvalue weighted by atomic mass is 10.2. The van der Waals surface area contributed by atoms with Gasteiger partial charge >= 0.3 is 0 Å². The lowest BCUT2D eigenvalue weighted by Crippen LogP contribution is -2.28. The predicted molar refractivity (Wildman–Crippen MR) is 71.4 cm³/mol. The number of hydrogen-bond donors (Lipinski definition) is 2. The molecular weight excluding hydrogens is 324 g/mol. The lowest BCUT2D eigenvalue weighted by Gasteiger charge is -2.18. The van der Waals surface area contributed by atoms with E-state index in [2.05, 4.69) is 27.9 Å². The maximum Gasteiger partial charge on any atom is 0.0741 e. The Kier molecular flexibility index (Phi) is 3.74. The third-order valence-corrected chi connectivity index (χ3v) is 3.88. The van der Waals surface area contributed by atoms with Crippen molar-refractivity contribution in [3.63, 3.8) is 0 Å². The zero-order valence-electron chi connectivity index (χ0n) is 8.21. The van der Waals surface area contributed by atoms with E-state index in [9.17, 15) is 5.11 Å². The SMILES string of the molecule is O[C@@H]1CCC[C@H]1Nc1ccc(Cl)cc1I. The smallest absolute Gasteiger partial charge is 0.0741 e. The summed E-state index contributed by atoms with van der Waals surface area (Å²) in [6, 6.07) is 5.95. The number of aliphatic hydroxyl groups is 1. The fourth-order valence-electron chi connectivity index (χ4n) is 1.92. The second-order valence-electron chi connectivity index (χ2n) is 3.87. The van der Waals surface area contributed by atoms with E-state index in [1.807, 2.05) is 18.2 Å². The second-order valence-corrected chi connectivity index (χ2v) is 5.47. The van der Waals surface area contributed by atoms with E-state index in [0.29, 0.717) is 0 Å². The van der Waals surface area contributed by atoms with Gasteiger partial charge in [0.05, 0.1) is 12.1 Å². The molecule has 1 aliphatic rings. The standard InChI is InChI=1S/C11H13ClINO/c12-7-4-5-9(8(13)6-7)14-10-2-1-3-11(10)15/h4-6,10-11,14-15H,1-3H2/t10-,11-/m1/s1. The number of nitrogens with one attached hydrogen (secondary N) is 1. The molecule has 0 amide bonds. The van der Waals surface area contributed by atoms with Crippen LogP contribution in [-0.2, 0) is 0 Å². The minimum Gasteiger partial charge on any atom is -0.391 e. The van der Waals surface area contributed by atoms with Crippen molar-refractivity contribution < 1.29 is 5.11 Å². The van der Waals surface area contributed by atoms with Gasteiger partial charge in [-0.3, -0.25) is 0 Å². The molecule has 15 heavy (non-hydrogen) atoms. The normalized spacial score (nSPS) is 25.5. The molecule has 1 fully saturated rings. The van der Waals surface area contributed by atoms with E-state index in [-0.39, 0.29) is 12.1 Å². The molecule has 0 spiro atoms. The third kappa shape index (κ3) is 2.77. The van der Waals surface area contributed by atoms with Crippen molar-refractivity contribution in [2.75, 3.05) is 5.32 Å². The summed E-state index contributed by atoms with van der Waals surface area (Å²) in [6.45, 7) is 0. The van der Waals surface area contributed by atoms with E-state index in [4.69, 9.17) is 11.6 Å². The van der Waals surface area contributed by atoms with Crippen LogP contribution in [0.1, 0.15) is 19.3 Å². The van der Waals surface area contributed by atoms with E-state index in [0.717, 1.165) is 33.5 Å². The first-order valence-electron chi connectivity index (χ1n) is 5.06. The van der Waals surface area contributed by atoms with Crippen molar-refractivity contribution in [1.29, 1.82) is 0 Å². The summed E-state index contributed by atoms with van der Waals surface area (Å²) in [5, 5.41) is 13.8. The van der Waals surface area contributed by atoms with Gasteiger partial charge in [-0.25, -0.2) is 0 Å². The Balaban J connectivity index is 2.10. The summed E-state index contributed by atoms with van der Waals surface area (Å²) in [6.07, 6.45) is 2.83. The van der Waals surface area contributed by atoms with E-state index in [1.165, 1.54) is 0 Å². The number of benzene rings is 1. The quantitative estimate of drug-likeness (QED) is 0.812. The highest BCUT2D eigenvalue weighted by atomic mass is 127. The Bertz CT molecular complexity index is 358. The van der Waals surface area contributed by atoms with E-state index < -0.39 is 0 Å². The highest BCUT2D eigenvalue weighted by Crippen LogP contribution is 2.27. The van der Waals surface area contributed by atoms with Crippen LogP contribution in [0, 0.1) is 3.57 Å². The molecule has 0 bridgehead atoms. The van der Waals surface area contributed by atoms with Crippen molar-refractivity contribution in [2.45, 2.75) is 31.4 Å². The summed E-state index contributed by atoms with van der Waals surface area (Å²) >= 11 is 8.13. The van der Waals surface area contributed by atoms with Gasteiger partial charge in [0, 0.05) is 14.3 Å². The molecule has 0 heterocycles. The number of anilines is 1. The number of hydrogen-bond acceptors (Lipinski definition) is 2. The Labute approximate surface area is 108 Å². The summed E-state index contributed by atoms with van der Waals surface area (Å²) < 4.78 is 1.10. The predicted octanol–water partition coefficient (Wildman–Crippen LogP) is 3.27. The summed E-state index contributed by atoms with van der Waals surface area (Å²) in [5.74, 6) is 0. The summed E-state index contributed by atoms with van der Waals surface area (Å²) in [7, 11) is 0. The minimum absolute atomic E-state index is 0.194. The average molecular weight is 338 g/mol. The molecule has 0 radical (unpaired) electrons.